The number of methoxy groups -OCH3 is 1. The van der Waals surface area contributed by atoms with Gasteiger partial charge in [-0.2, -0.15) is 0 Å². The fourth-order valence-corrected chi connectivity index (χ4v) is 5.01. The Bertz CT molecular complexity index is 507. The SMILES string of the molecule is COC(=O)[C@H]1C[NH+](CN2C(=O)NC3(CCCCC3)C2=O)CCS1. The Morgan fingerprint density at radius 3 is 2.83 bits per heavy atom. The molecule has 0 aromatic rings. The van der Waals surface area contributed by atoms with Crippen molar-refractivity contribution < 1.29 is 24.0 Å². The highest BCUT2D eigenvalue weighted by molar-refractivity contribution is 8.00. The van der Waals surface area contributed by atoms with Crippen molar-refractivity contribution in [2.75, 3.05) is 32.6 Å². The van der Waals surface area contributed by atoms with Crippen molar-refractivity contribution in [2.24, 2.45) is 0 Å². The molecular weight excluding hydrogens is 318 g/mol. The van der Waals surface area contributed by atoms with Crippen molar-refractivity contribution in [1.29, 1.82) is 0 Å². The zero-order chi connectivity index (χ0) is 16.4. The van der Waals surface area contributed by atoms with Crippen LogP contribution >= 0.6 is 11.8 Å². The second-order valence-corrected chi connectivity index (χ2v) is 7.86. The standard InChI is InChI=1S/C15H23N3O4S/c1-22-12(19)11-9-17(7-8-23-11)10-18-13(20)15(16-14(18)21)5-3-2-4-6-15/h11H,2-10H2,1H3,(H,16,21)/p+1/t11-/m1/s1. The molecule has 1 unspecified atom stereocenters. The van der Waals surface area contributed by atoms with Crippen LogP contribution in [0.1, 0.15) is 32.1 Å². The molecule has 23 heavy (non-hydrogen) atoms. The molecule has 2 N–H and O–H groups in total. The maximum Gasteiger partial charge on any atom is 0.329 e. The maximum absolute atomic E-state index is 12.8. The number of thioether (sulfide) groups is 1. The molecule has 3 aliphatic rings. The lowest BCUT2D eigenvalue weighted by molar-refractivity contribution is -0.905. The summed E-state index contributed by atoms with van der Waals surface area (Å²) in [7, 11) is 1.39. The lowest BCUT2D eigenvalue weighted by Gasteiger charge is -2.32. The molecule has 3 fully saturated rings. The van der Waals surface area contributed by atoms with Crippen LogP contribution in [-0.4, -0.2) is 66.2 Å². The van der Waals surface area contributed by atoms with E-state index in [1.807, 2.05) is 0 Å². The molecule has 1 aliphatic carbocycles. The number of hydrogen-bond acceptors (Lipinski definition) is 5. The summed E-state index contributed by atoms with van der Waals surface area (Å²) in [6.45, 7) is 1.75. The van der Waals surface area contributed by atoms with Crippen LogP contribution < -0.4 is 10.2 Å². The van der Waals surface area contributed by atoms with Crippen LogP contribution in [-0.2, 0) is 14.3 Å². The van der Waals surface area contributed by atoms with Gasteiger partial charge in [0.2, 0.25) is 0 Å². The van der Waals surface area contributed by atoms with E-state index in [2.05, 4.69) is 5.32 Å². The van der Waals surface area contributed by atoms with E-state index >= 15 is 0 Å². The summed E-state index contributed by atoms with van der Waals surface area (Å²) in [4.78, 5) is 39.2. The third kappa shape index (κ3) is 3.19. The summed E-state index contributed by atoms with van der Waals surface area (Å²) in [5, 5.41) is 2.72. The Morgan fingerprint density at radius 1 is 1.39 bits per heavy atom. The molecule has 3 rings (SSSR count). The lowest BCUT2D eigenvalue weighted by Crippen LogP contribution is -3.16. The van der Waals surface area contributed by atoms with Crippen LogP contribution in [0.5, 0.6) is 0 Å². The number of quaternary nitrogens is 1. The second-order valence-electron chi connectivity index (χ2n) is 6.55. The monoisotopic (exact) mass is 342 g/mol. The first-order valence-corrected chi connectivity index (χ1v) is 9.28. The van der Waals surface area contributed by atoms with E-state index in [0.717, 1.165) is 49.3 Å². The first-order chi connectivity index (χ1) is 11.1. The van der Waals surface area contributed by atoms with E-state index in [9.17, 15) is 14.4 Å². The fourth-order valence-electron chi connectivity index (χ4n) is 3.73. The summed E-state index contributed by atoms with van der Waals surface area (Å²) >= 11 is 1.58. The van der Waals surface area contributed by atoms with Gasteiger partial charge < -0.3 is 15.0 Å². The molecule has 128 valence electrons. The smallest absolute Gasteiger partial charge is 0.329 e. The molecular formula is C15H24N3O4S+. The number of rotatable bonds is 3. The quantitative estimate of drug-likeness (QED) is 0.527. The third-order valence-corrected chi connectivity index (χ3v) is 6.25. The zero-order valence-corrected chi connectivity index (χ0v) is 14.2. The number of carbonyl (C=O) groups is 3. The number of imide groups is 1. The van der Waals surface area contributed by atoms with Crippen LogP contribution in [0.4, 0.5) is 4.79 Å². The second kappa shape index (κ2) is 6.68. The van der Waals surface area contributed by atoms with E-state index < -0.39 is 5.54 Å². The average Bonchev–Trinajstić information content (AvgIpc) is 2.79. The molecule has 1 spiro atoms. The van der Waals surface area contributed by atoms with Gasteiger partial charge in [0.1, 0.15) is 12.1 Å². The molecule has 0 radical (unpaired) electrons. The Labute approximate surface area is 140 Å². The van der Waals surface area contributed by atoms with Crippen molar-refractivity contribution >= 4 is 29.7 Å². The lowest BCUT2D eigenvalue weighted by atomic mass is 9.82. The topological polar surface area (TPSA) is 80.2 Å². The van der Waals surface area contributed by atoms with Gasteiger partial charge in [0.05, 0.1) is 13.7 Å². The van der Waals surface area contributed by atoms with Crippen molar-refractivity contribution in [2.45, 2.75) is 42.9 Å². The largest absolute Gasteiger partial charge is 0.468 e. The Kier molecular flexibility index (Phi) is 4.82. The van der Waals surface area contributed by atoms with Gasteiger partial charge in [-0.1, -0.05) is 19.3 Å². The molecule has 8 heteroatoms. The number of ether oxygens (including phenoxy) is 1. The minimum atomic E-state index is -0.666. The van der Waals surface area contributed by atoms with Gasteiger partial charge >= 0.3 is 12.0 Å². The van der Waals surface area contributed by atoms with Gasteiger partial charge in [-0.15, -0.1) is 11.8 Å². The van der Waals surface area contributed by atoms with E-state index in [4.69, 9.17) is 4.74 Å². The third-order valence-electron chi connectivity index (χ3n) is 5.05. The first kappa shape index (κ1) is 16.6. The summed E-state index contributed by atoms with van der Waals surface area (Å²) in [6, 6.07) is -0.280. The van der Waals surface area contributed by atoms with Crippen LogP contribution in [0, 0.1) is 0 Å². The average molecular weight is 342 g/mol. The first-order valence-electron chi connectivity index (χ1n) is 8.23. The summed E-state index contributed by atoms with van der Waals surface area (Å²) in [6.07, 6.45) is 4.57. The van der Waals surface area contributed by atoms with E-state index in [1.165, 1.54) is 12.0 Å². The van der Waals surface area contributed by atoms with Crippen molar-refractivity contribution in [3.05, 3.63) is 0 Å². The van der Waals surface area contributed by atoms with Crippen molar-refractivity contribution in [3.63, 3.8) is 0 Å². The van der Waals surface area contributed by atoms with Gasteiger partial charge in [-0.3, -0.25) is 9.59 Å². The summed E-state index contributed by atoms with van der Waals surface area (Å²) in [5.41, 5.74) is -0.666. The fraction of sp³-hybridized carbons (Fsp3) is 0.800. The van der Waals surface area contributed by atoms with Gasteiger partial charge in [-0.25, -0.2) is 9.69 Å². The van der Waals surface area contributed by atoms with Gasteiger partial charge in [0, 0.05) is 5.75 Å². The van der Waals surface area contributed by atoms with Gasteiger partial charge in [0.15, 0.2) is 11.9 Å². The molecule has 1 saturated carbocycles. The highest BCUT2D eigenvalue weighted by atomic mass is 32.2. The minimum Gasteiger partial charge on any atom is -0.468 e. The molecule has 2 saturated heterocycles. The molecule has 2 heterocycles. The highest BCUT2D eigenvalue weighted by Crippen LogP contribution is 2.33. The maximum atomic E-state index is 12.8. The number of nitrogens with one attached hydrogen (secondary N) is 2. The van der Waals surface area contributed by atoms with Crippen molar-refractivity contribution in [1.82, 2.24) is 10.2 Å². The minimum absolute atomic E-state index is 0.0810. The van der Waals surface area contributed by atoms with E-state index in [1.54, 1.807) is 11.8 Å². The molecule has 0 aromatic carbocycles. The Hall–Kier alpha value is -1.28. The number of hydrogen-bond donors (Lipinski definition) is 2. The highest BCUT2D eigenvalue weighted by Gasteiger charge is 2.52. The van der Waals surface area contributed by atoms with Gasteiger partial charge in [0.25, 0.3) is 5.91 Å². The number of urea groups is 1. The zero-order valence-electron chi connectivity index (χ0n) is 13.4. The number of amides is 3. The van der Waals surface area contributed by atoms with Crippen LogP contribution in [0.15, 0.2) is 0 Å². The van der Waals surface area contributed by atoms with E-state index in [-0.39, 0.29) is 23.2 Å². The van der Waals surface area contributed by atoms with Crippen LogP contribution in [0.25, 0.3) is 0 Å². The number of nitrogens with zero attached hydrogens (tertiary/aromatic N) is 1. The summed E-state index contributed by atoms with van der Waals surface area (Å²) in [5.74, 6) is 0.514. The van der Waals surface area contributed by atoms with Gasteiger partial charge in [-0.05, 0) is 12.8 Å². The van der Waals surface area contributed by atoms with Crippen LogP contribution in [0.3, 0.4) is 0 Å². The van der Waals surface area contributed by atoms with Crippen LogP contribution in [0.2, 0.25) is 0 Å². The Morgan fingerprint density at radius 2 is 2.13 bits per heavy atom. The Balaban J connectivity index is 1.64. The van der Waals surface area contributed by atoms with E-state index in [0.29, 0.717) is 13.2 Å². The molecule has 2 aliphatic heterocycles. The number of esters is 1. The number of carbonyl (C=O) groups excluding carboxylic acids is 3. The molecule has 0 bridgehead atoms. The summed E-state index contributed by atoms with van der Waals surface area (Å²) < 4.78 is 4.81. The predicted molar refractivity (Wildman–Crippen MR) is 85.0 cm³/mol. The molecule has 0 aromatic heterocycles. The normalized spacial score (nSPS) is 30.4. The van der Waals surface area contributed by atoms with Crippen molar-refractivity contribution in [3.8, 4) is 0 Å². The molecule has 3 amide bonds. The molecule has 7 nitrogen and oxygen atoms in total. The molecule has 2 atom stereocenters. The predicted octanol–water partition coefficient (Wildman–Crippen LogP) is -0.628.